The molecule has 1 aliphatic rings. The summed E-state index contributed by atoms with van der Waals surface area (Å²) in [6.45, 7) is 0. The van der Waals surface area contributed by atoms with Gasteiger partial charge in [-0.2, -0.15) is 0 Å². The molecule has 0 fully saturated rings. The summed E-state index contributed by atoms with van der Waals surface area (Å²) in [4.78, 5) is 13.0. The zero-order valence-corrected chi connectivity index (χ0v) is 16.9. The second kappa shape index (κ2) is 8.71. The highest BCUT2D eigenvalue weighted by Gasteiger charge is 2.17. The number of methoxy groups -OCH3 is 1. The lowest BCUT2D eigenvalue weighted by atomic mass is 9.95. The van der Waals surface area contributed by atoms with Crippen molar-refractivity contribution in [2.24, 2.45) is 0 Å². The van der Waals surface area contributed by atoms with E-state index < -0.39 is 0 Å². The number of nitrogens with zero attached hydrogens (tertiary/aromatic N) is 3. The average Bonchev–Trinajstić information content (AvgIpc) is 2.76. The van der Waals surface area contributed by atoms with Crippen LogP contribution in [0.5, 0.6) is 0 Å². The number of aromatic nitrogens is 3. The maximum atomic E-state index is 8.35. The van der Waals surface area contributed by atoms with Crippen molar-refractivity contribution < 1.29 is 4.74 Å². The van der Waals surface area contributed by atoms with Gasteiger partial charge in [0, 0.05) is 46.0 Å². The van der Waals surface area contributed by atoms with Crippen molar-refractivity contribution >= 4 is 40.3 Å². The molecule has 2 heterocycles. The summed E-state index contributed by atoms with van der Waals surface area (Å²) in [7, 11) is 1.59. The molecule has 0 atom stereocenters. The van der Waals surface area contributed by atoms with Crippen LogP contribution in [0, 0.1) is 5.41 Å². The van der Waals surface area contributed by atoms with Crippen molar-refractivity contribution in [2.75, 3.05) is 12.4 Å². The molecule has 1 aromatic carbocycles. The predicted octanol–water partition coefficient (Wildman–Crippen LogP) is 5.30. The Balaban J connectivity index is 1.70. The van der Waals surface area contributed by atoms with Gasteiger partial charge in [-0.1, -0.05) is 23.7 Å². The number of hydrogen-bond acceptors (Lipinski definition) is 6. The number of anilines is 2. The van der Waals surface area contributed by atoms with Crippen molar-refractivity contribution in [3.63, 3.8) is 0 Å². The largest absolute Gasteiger partial charge is 0.495 e. The first-order chi connectivity index (χ1) is 14.6. The predicted molar refractivity (Wildman–Crippen MR) is 120 cm³/mol. The van der Waals surface area contributed by atoms with Gasteiger partial charge in [-0.15, -0.1) is 0 Å². The molecule has 2 aromatic heterocycles. The molecular weight excluding hydrogens is 398 g/mol. The third-order valence-electron chi connectivity index (χ3n) is 4.42. The topological polar surface area (TPSA) is 83.8 Å². The quantitative estimate of drug-likeness (QED) is 0.552. The lowest BCUT2D eigenvalue weighted by Gasteiger charge is -2.16. The molecule has 0 saturated carbocycles. The minimum absolute atomic E-state index is 0.353. The van der Waals surface area contributed by atoms with Crippen molar-refractivity contribution in [3.8, 4) is 0 Å². The molecule has 30 heavy (non-hydrogen) atoms. The molecule has 0 unspecified atom stereocenters. The van der Waals surface area contributed by atoms with E-state index in [0.717, 1.165) is 22.5 Å². The van der Waals surface area contributed by atoms with Crippen LogP contribution in [0.2, 0.25) is 5.02 Å². The van der Waals surface area contributed by atoms with E-state index in [-0.39, 0.29) is 0 Å². The molecule has 148 valence electrons. The van der Waals surface area contributed by atoms with Gasteiger partial charge < -0.3 is 15.5 Å². The first kappa shape index (κ1) is 19.5. The maximum Gasteiger partial charge on any atom is 0.227 e. The second-order valence-corrected chi connectivity index (χ2v) is 6.87. The van der Waals surface area contributed by atoms with Gasteiger partial charge in [-0.25, -0.2) is 9.97 Å². The van der Waals surface area contributed by atoms with E-state index in [0.29, 0.717) is 28.0 Å². The fourth-order valence-electron chi connectivity index (χ4n) is 3.05. The molecule has 0 saturated heterocycles. The normalized spacial score (nSPS) is 14.9. The van der Waals surface area contributed by atoms with Gasteiger partial charge in [0.2, 0.25) is 5.95 Å². The van der Waals surface area contributed by atoms with Crippen LogP contribution < -0.4 is 5.32 Å². The summed E-state index contributed by atoms with van der Waals surface area (Å²) in [6, 6.07) is 12.9. The van der Waals surface area contributed by atoms with Crippen molar-refractivity contribution in [2.45, 2.75) is 0 Å². The molecule has 3 aromatic rings. The minimum Gasteiger partial charge on any atom is -0.495 e. The summed E-state index contributed by atoms with van der Waals surface area (Å²) in [6.07, 6.45) is 10.6. The lowest BCUT2D eigenvalue weighted by molar-refractivity contribution is 0.368. The van der Waals surface area contributed by atoms with Crippen LogP contribution in [-0.2, 0) is 4.74 Å². The van der Waals surface area contributed by atoms with Gasteiger partial charge in [0.05, 0.1) is 18.5 Å². The minimum atomic E-state index is 0.353. The zero-order chi connectivity index (χ0) is 20.9. The number of halogens is 1. The molecule has 0 radical (unpaired) electrons. The number of pyridine rings is 1. The molecule has 4 rings (SSSR count). The van der Waals surface area contributed by atoms with Crippen LogP contribution >= 0.6 is 11.6 Å². The van der Waals surface area contributed by atoms with Crippen molar-refractivity contribution in [1.29, 1.82) is 5.41 Å². The fraction of sp³-hybridized carbons (Fsp3) is 0.0435. The van der Waals surface area contributed by atoms with Crippen LogP contribution in [0.1, 0.15) is 11.3 Å². The summed E-state index contributed by atoms with van der Waals surface area (Å²) < 4.78 is 5.61. The Morgan fingerprint density at radius 2 is 2.00 bits per heavy atom. The van der Waals surface area contributed by atoms with Gasteiger partial charge in [0.25, 0.3) is 0 Å². The van der Waals surface area contributed by atoms with E-state index in [1.165, 1.54) is 0 Å². The first-order valence-electron chi connectivity index (χ1n) is 9.17. The van der Waals surface area contributed by atoms with Crippen LogP contribution in [0.3, 0.4) is 0 Å². The van der Waals surface area contributed by atoms with E-state index in [2.05, 4.69) is 20.3 Å². The Morgan fingerprint density at radius 3 is 2.77 bits per heavy atom. The number of hydrogen-bond donors (Lipinski definition) is 2. The zero-order valence-electron chi connectivity index (χ0n) is 16.1. The summed E-state index contributed by atoms with van der Waals surface area (Å²) in [5.74, 6) is 1.04. The standard InChI is InChI=1S/C23H18ClN5O/c1-30-22(16-4-3-10-26-14-16)19-12-15(7-8-20(19)25)21-9-11-27-23(29-21)28-18-6-2-5-17(24)13-18/h2-14,25H,1H3,(H,27,28,29)/b22-19-,25-20?. The summed E-state index contributed by atoms with van der Waals surface area (Å²) in [5, 5.41) is 12.1. The van der Waals surface area contributed by atoms with Crippen LogP contribution in [0.25, 0.3) is 11.3 Å². The van der Waals surface area contributed by atoms with E-state index in [4.69, 9.17) is 21.7 Å². The maximum absolute atomic E-state index is 8.35. The summed E-state index contributed by atoms with van der Waals surface area (Å²) >= 11 is 6.05. The Kier molecular flexibility index (Phi) is 5.68. The van der Waals surface area contributed by atoms with Crippen LogP contribution in [0.15, 0.2) is 84.9 Å². The van der Waals surface area contributed by atoms with Gasteiger partial charge >= 0.3 is 0 Å². The van der Waals surface area contributed by atoms with Crippen LogP contribution in [0.4, 0.5) is 11.6 Å². The Hall–Kier alpha value is -3.77. The molecule has 2 N–H and O–H groups in total. The summed E-state index contributed by atoms with van der Waals surface area (Å²) in [5.41, 5.74) is 4.18. The van der Waals surface area contributed by atoms with Gasteiger partial charge in [-0.05, 0) is 48.6 Å². The van der Waals surface area contributed by atoms with Crippen molar-refractivity contribution in [1.82, 2.24) is 15.0 Å². The van der Waals surface area contributed by atoms with Gasteiger partial charge in [-0.3, -0.25) is 4.98 Å². The molecule has 0 amide bonds. The molecule has 7 heteroatoms. The number of benzene rings is 1. The molecule has 0 bridgehead atoms. The third-order valence-corrected chi connectivity index (χ3v) is 4.66. The van der Waals surface area contributed by atoms with E-state index in [1.54, 1.807) is 43.9 Å². The average molecular weight is 416 g/mol. The SMILES string of the molecule is CO/C(=C1/C=C(c2ccnc(Nc3cccc(Cl)c3)n2)C=CC1=N)c1cccnc1. The first-order valence-corrected chi connectivity index (χ1v) is 9.55. The number of rotatable bonds is 5. The molecular formula is C23H18ClN5O. The number of ether oxygens (including phenoxy) is 1. The monoisotopic (exact) mass is 415 g/mol. The molecule has 0 aliphatic heterocycles. The second-order valence-electron chi connectivity index (χ2n) is 6.44. The van der Waals surface area contributed by atoms with Crippen molar-refractivity contribution in [3.05, 3.63) is 101 Å². The van der Waals surface area contributed by atoms with Crippen LogP contribution in [-0.4, -0.2) is 27.8 Å². The van der Waals surface area contributed by atoms with Gasteiger partial charge in [0.1, 0.15) is 5.76 Å². The highest BCUT2D eigenvalue weighted by Crippen LogP contribution is 2.28. The Labute approximate surface area is 179 Å². The Bertz CT molecular complexity index is 1180. The molecule has 6 nitrogen and oxygen atoms in total. The molecule has 1 aliphatic carbocycles. The fourth-order valence-corrected chi connectivity index (χ4v) is 3.24. The number of nitrogens with one attached hydrogen (secondary N) is 2. The Morgan fingerprint density at radius 1 is 1.10 bits per heavy atom. The van der Waals surface area contributed by atoms with E-state index >= 15 is 0 Å². The van der Waals surface area contributed by atoms with E-state index in [9.17, 15) is 0 Å². The third kappa shape index (κ3) is 4.29. The number of allylic oxidation sites excluding steroid dienone is 5. The molecule has 0 spiro atoms. The highest BCUT2D eigenvalue weighted by atomic mass is 35.5. The van der Waals surface area contributed by atoms with E-state index in [1.807, 2.05) is 42.5 Å². The van der Waals surface area contributed by atoms with Gasteiger partial charge in [0.15, 0.2) is 0 Å². The highest BCUT2D eigenvalue weighted by molar-refractivity contribution is 6.30. The smallest absolute Gasteiger partial charge is 0.227 e. The lowest BCUT2D eigenvalue weighted by Crippen LogP contribution is -2.07.